The third-order valence-electron chi connectivity index (χ3n) is 3.01. The molecule has 0 spiro atoms. The summed E-state index contributed by atoms with van der Waals surface area (Å²) < 4.78 is 23.5. The van der Waals surface area contributed by atoms with Crippen molar-refractivity contribution in [1.29, 1.82) is 0 Å². The molecule has 26 heavy (non-hydrogen) atoms. The zero-order chi connectivity index (χ0) is 19.1. The molecule has 2 amide bonds. The van der Waals surface area contributed by atoms with Crippen molar-refractivity contribution in [2.24, 2.45) is 5.73 Å². The quantitative estimate of drug-likeness (QED) is 0.715. The third-order valence-corrected chi connectivity index (χ3v) is 3.25. The Morgan fingerprint density at radius 2 is 1.77 bits per heavy atom. The molecule has 0 aliphatic heterocycles. The van der Waals surface area contributed by atoms with Gasteiger partial charge in [-0.15, -0.1) is 0 Å². The van der Waals surface area contributed by atoms with Gasteiger partial charge in [-0.05, 0) is 42.5 Å². The Labute approximate surface area is 152 Å². The maximum atomic E-state index is 13.6. The molecule has 2 aromatic rings. The number of primary amides is 1. The molecule has 0 saturated heterocycles. The van der Waals surface area contributed by atoms with E-state index >= 15 is 0 Å². The Bertz CT molecular complexity index is 826. The van der Waals surface area contributed by atoms with Gasteiger partial charge in [0, 0.05) is 5.02 Å². The van der Waals surface area contributed by atoms with Gasteiger partial charge in [0.15, 0.2) is 13.2 Å². The lowest BCUT2D eigenvalue weighted by molar-refractivity contribution is -0.120. The summed E-state index contributed by atoms with van der Waals surface area (Å²) in [6, 6.07) is 9.44. The highest BCUT2D eigenvalue weighted by Gasteiger charge is 2.12. The van der Waals surface area contributed by atoms with Gasteiger partial charge in [0.1, 0.15) is 11.6 Å². The Hall–Kier alpha value is -3.13. The Kier molecular flexibility index (Phi) is 6.51. The molecule has 0 fully saturated rings. The lowest BCUT2D eigenvalue weighted by Crippen LogP contribution is -2.21. The van der Waals surface area contributed by atoms with Crippen LogP contribution >= 0.6 is 11.6 Å². The number of carbonyl (C=O) groups excluding carboxylic acids is 3. The average Bonchev–Trinajstić information content (AvgIpc) is 2.60. The molecule has 0 radical (unpaired) electrons. The highest BCUT2D eigenvalue weighted by atomic mass is 35.5. The minimum atomic E-state index is -0.752. The molecule has 0 unspecified atom stereocenters. The fraction of sp³-hybridized carbons (Fsp3) is 0.118. The zero-order valence-electron chi connectivity index (χ0n) is 13.3. The second-order valence-electron chi connectivity index (χ2n) is 5.03. The van der Waals surface area contributed by atoms with E-state index in [1.165, 1.54) is 36.4 Å². The molecule has 0 aliphatic rings. The van der Waals surface area contributed by atoms with Crippen LogP contribution < -0.4 is 15.8 Å². The number of halogens is 2. The summed E-state index contributed by atoms with van der Waals surface area (Å²) in [6.07, 6.45) is 0. The summed E-state index contributed by atoms with van der Waals surface area (Å²) in [7, 11) is 0. The van der Waals surface area contributed by atoms with E-state index in [0.29, 0.717) is 5.75 Å². The van der Waals surface area contributed by atoms with Crippen LogP contribution in [0.1, 0.15) is 10.4 Å². The maximum Gasteiger partial charge on any atom is 0.338 e. The molecule has 0 aromatic heterocycles. The fourth-order valence-corrected chi connectivity index (χ4v) is 1.99. The van der Waals surface area contributed by atoms with E-state index in [1.54, 1.807) is 0 Å². The number of esters is 1. The van der Waals surface area contributed by atoms with Crippen LogP contribution in [0, 0.1) is 5.82 Å². The van der Waals surface area contributed by atoms with E-state index < -0.39 is 30.2 Å². The lowest BCUT2D eigenvalue weighted by atomic mass is 10.2. The van der Waals surface area contributed by atoms with Crippen molar-refractivity contribution in [3.8, 4) is 5.75 Å². The summed E-state index contributed by atoms with van der Waals surface area (Å²) in [5.41, 5.74) is 5.04. The second-order valence-corrected chi connectivity index (χ2v) is 5.46. The number of anilines is 1. The van der Waals surface area contributed by atoms with Crippen LogP contribution in [-0.4, -0.2) is 31.0 Å². The largest absolute Gasteiger partial charge is 0.484 e. The van der Waals surface area contributed by atoms with Crippen molar-refractivity contribution >= 4 is 35.1 Å². The molecule has 3 N–H and O–H groups in total. The molecule has 2 aromatic carbocycles. The third kappa shape index (κ3) is 5.75. The van der Waals surface area contributed by atoms with E-state index in [-0.39, 0.29) is 22.9 Å². The Morgan fingerprint density at radius 3 is 2.38 bits per heavy atom. The van der Waals surface area contributed by atoms with Gasteiger partial charge in [0.25, 0.3) is 11.8 Å². The van der Waals surface area contributed by atoms with E-state index in [0.717, 1.165) is 6.07 Å². The number of hydrogen-bond acceptors (Lipinski definition) is 5. The molecule has 0 bridgehead atoms. The van der Waals surface area contributed by atoms with E-state index in [4.69, 9.17) is 26.8 Å². The summed E-state index contributed by atoms with van der Waals surface area (Å²) in [5, 5.41) is 2.46. The molecule has 0 aliphatic carbocycles. The number of nitrogens with two attached hydrogens (primary N) is 1. The maximum absolute atomic E-state index is 13.6. The van der Waals surface area contributed by atoms with Crippen LogP contribution in [0.5, 0.6) is 5.75 Å². The van der Waals surface area contributed by atoms with Gasteiger partial charge in [-0.1, -0.05) is 11.6 Å². The van der Waals surface area contributed by atoms with Gasteiger partial charge < -0.3 is 20.5 Å². The molecule has 0 saturated carbocycles. The first-order valence-corrected chi connectivity index (χ1v) is 7.66. The molecule has 7 nitrogen and oxygen atoms in total. The monoisotopic (exact) mass is 380 g/mol. The predicted octanol–water partition coefficient (Wildman–Crippen LogP) is 2.14. The van der Waals surface area contributed by atoms with Gasteiger partial charge in [0.2, 0.25) is 0 Å². The van der Waals surface area contributed by atoms with Crippen molar-refractivity contribution in [3.05, 3.63) is 58.9 Å². The number of nitrogens with one attached hydrogen (secondary N) is 1. The average molecular weight is 381 g/mol. The van der Waals surface area contributed by atoms with Gasteiger partial charge in [-0.2, -0.15) is 0 Å². The first kappa shape index (κ1) is 19.2. The van der Waals surface area contributed by atoms with Crippen molar-refractivity contribution < 1.29 is 28.2 Å². The lowest BCUT2D eigenvalue weighted by Gasteiger charge is -2.08. The molecular formula is C17H14ClFN2O5. The number of benzene rings is 2. The zero-order valence-corrected chi connectivity index (χ0v) is 14.1. The minimum Gasteiger partial charge on any atom is -0.484 e. The number of ether oxygens (including phenoxy) is 2. The number of carbonyl (C=O) groups is 3. The van der Waals surface area contributed by atoms with Crippen LogP contribution in [0.25, 0.3) is 0 Å². The summed E-state index contributed by atoms with van der Waals surface area (Å²) in [4.78, 5) is 34.2. The smallest absolute Gasteiger partial charge is 0.338 e. The SMILES string of the molecule is NC(=O)COc1ccc(C(=O)OCC(=O)Nc2ccc(Cl)cc2F)cc1. The summed E-state index contributed by atoms with van der Waals surface area (Å²) in [5.74, 6) is -2.45. The van der Waals surface area contributed by atoms with E-state index in [2.05, 4.69) is 5.32 Å². The van der Waals surface area contributed by atoms with Gasteiger partial charge >= 0.3 is 5.97 Å². The summed E-state index contributed by atoms with van der Waals surface area (Å²) >= 11 is 5.62. The van der Waals surface area contributed by atoms with Crippen LogP contribution in [0.15, 0.2) is 42.5 Å². The molecule has 9 heteroatoms. The first-order chi connectivity index (χ1) is 12.3. The molecular weight excluding hydrogens is 367 g/mol. The molecule has 136 valence electrons. The molecule has 2 rings (SSSR count). The van der Waals surface area contributed by atoms with Gasteiger partial charge in [-0.3, -0.25) is 9.59 Å². The van der Waals surface area contributed by atoms with E-state index in [9.17, 15) is 18.8 Å². The van der Waals surface area contributed by atoms with Crippen molar-refractivity contribution in [2.45, 2.75) is 0 Å². The van der Waals surface area contributed by atoms with Crippen molar-refractivity contribution in [3.63, 3.8) is 0 Å². The molecule has 0 atom stereocenters. The van der Waals surface area contributed by atoms with Crippen LogP contribution in [0.4, 0.5) is 10.1 Å². The van der Waals surface area contributed by atoms with E-state index in [1.807, 2.05) is 0 Å². The second kappa shape index (κ2) is 8.82. The van der Waals surface area contributed by atoms with Crippen LogP contribution in [0.2, 0.25) is 5.02 Å². The van der Waals surface area contributed by atoms with Crippen LogP contribution in [-0.2, 0) is 14.3 Å². The van der Waals surface area contributed by atoms with Crippen molar-refractivity contribution in [1.82, 2.24) is 0 Å². The highest BCUT2D eigenvalue weighted by Crippen LogP contribution is 2.18. The Balaban J connectivity index is 1.85. The standard InChI is InChI=1S/C17H14ClFN2O5/c18-11-3-6-14(13(19)7-11)21-16(23)9-26-17(24)10-1-4-12(5-2-10)25-8-15(20)22/h1-7H,8-9H2,(H2,20,22)(H,21,23). The van der Waals surface area contributed by atoms with Crippen LogP contribution in [0.3, 0.4) is 0 Å². The fourth-order valence-electron chi connectivity index (χ4n) is 1.83. The number of amides is 2. The first-order valence-electron chi connectivity index (χ1n) is 7.28. The summed E-state index contributed by atoms with van der Waals surface area (Å²) in [6.45, 7) is -0.883. The topological polar surface area (TPSA) is 108 Å². The van der Waals surface area contributed by atoms with Gasteiger partial charge in [0.05, 0.1) is 11.3 Å². The minimum absolute atomic E-state index is 0.0774. The number of hydrogen-bond donors (Lipinski definition) is 2. The predicted molar refractivity (Wildman–Crippen MR) is 91.5 cm³/mol. The highest BCUT2D eigenvalue weighted by molar-refractivity contribution is 6.30. The van der Waals surface area contributed by atoms with Crippen molar-refractivity contribution in [2.75, 3.05) is 18.5 Å². The Morgan fingerprint density at radius 1 is 1.08 bits per heavy atom. The molecule has 0 heterocycles. The number of rotatable bonds is 7. The normalized spacial score (nSPS) is 10.1. The van der Waals surface area contributed by atoms with Gasteiger partial charge in [-0.25, -0.2) is 9.18 Å².